The Morgan fingerprint density at radius 3 is 2.85 bits per heavy atom. The van der Waals surface area contributed by atoms with Gasteiger partial charge in [-0.3, -0.25) is 9.48 Å². The summed E-state index contributed by atoms with van der Waals surface area (Å²) in [5.41, 5.74) is 0.688. The summed E-state index contributed by atoms with van der Waals surface area (Å²) in [6.45, 7) is 5.15. The summed E-state index contributed by atoms with van der Waals surface area (Å²) >= 11 is 0. The lowest BCUT2D eigenvalue weighted by Crippen LogP contribution is -2.48. The lowest BCUT2D eigenvalue weighted by Gasteiger charge is -2.35. The fraction of sp³-hybridized carbons (Fsp3) is 0.565. The molecule has 1 N–H and O–H groups in total. The minimum Gasteiger partial charge on any atom is -0.410 e. The number of aryl methyl sites for hydroxylation is 1. The third kappa shape index (κ3) is 7.00. The lowest BCUT2D eigenvalue weighted by atomic mass is 10.0. The molecule has 180 valence electrons. The fourth-order valence-electron chi connectivity index (χ4n) is 3.70. The number of hydrogen-bond acceptors (Lipinski definition) is 7. The molecule has 0 fully saturated rings. The Kier molecular flexibility index (Phi) is 8.79. The predicted octanol–water partition coefficient (Wildman–Crippen LogP) is 1.93. The molecule has 33 heavy (non-hydrogen) atoms. The maximum absolute atomic E-state index is 12.9. The number of rotatable bonds is 5. The quantitative estimate of drug-likeness (QED) is 0.727. The molecule has 2 amide bonds. The van der Waals surface area contributed by atoms with Crippen molar-refractivity contribution >= 4 is 12.0 Å². The van der Waals surface area contributed by atoms with E-state index < -0.39 is 12.2 Å². The molecule has 2 aromatic rings. The number of aliphatic hydroxyl groups excluding tert-OH is 1. The molecule has 3 atom stereocenters. The van der Waals surface area contributed by atoms with Crippen LogP contribution in [0.4, 0.5) is 4.79 Å². The van der Waals surface area contributed by atoms with E-state index in [1.165, 1.54) is 4.90 Å². The third-order valence-electron chi connectivity index (χ3n) is 5.76. The van der Waals surface area contributed by atoms with E-state index in [0.717, 1.165) is 0 Å². The summed E-state index contributed by atoms with van der Waals surface area (Å²) in [6, 6.07) is 8.55. The monoisotopic (exact) mass is 459 g/mol. The number of carbonyl (C=O) groups excluding carboxylic acids is 2. The number of ether oxygens (including phenoxy) is 2. The molecule has 1 aliphatic heterocycles. The van der Waals surface area contributed by atoms with Crippen LogP contribution in [0.1, 0.15) is 32.4 Å². The van der Waals surface area contributed by atoms with Crippen molar-refractivity contribution in [2.45, 2.75) is 52.0 Å². The van der Waals surface area contributed by atoms with Crippen LogP contribution < -0.4 is 4.74 Å². The second kappa shape index (κ2) is 11.8. The van der Waals surface area contributed by atoms with Gasteiger partial charge in [-0.05, 0) is 25.5 Å². The van der Waals surface area contributed by atoms with Crippen molar-refractivity contribution in [1.29, 1.82) is 0 Å². The number of hydrogen-bond donors (Lipinski definition) is 1. The molecule has 0 unspecified atom stereocenters. The van der Waals surface area contributed by atoms with Crippen molar-refractivity contribution in [2.24, 2.45) is 5.92 Å². The maximum atomic E-state index is 12.9. The average molecular weight is 460 g/mol. The maximum Gasteiger partial charge on any atom is 0.415 e. The summed E-state index contributed by atoms with van der Waals surface area (Å²) in [5, 5.41) is 17.9. The summed E-state index contributed by atoms with van der Waals surface area (Å²) in [4.78, 5) is 28.7. The Morgan fingerprint density at radius 2 is 2.12 bits per heavy atom. The zero-order valence-electron chi connectivity index (χ0n) is 19.5. The van der Waals surface area contributed by atoms with Gasteiger partial charge in [0, 0.05) is 32.5 Å². The molecule has 10 nitrogen and oxygen atoms in total. The molecule has 10 heteroatoms. The Labute approximate surface area is 194 Å². The van der Waals surface area contributed by atoms with Crippen molar-refractivity contribution in [2.75, 3.05) is 26.7 Å². The van der Waals surface area contributed by atoms with Crippen molar-refractivity contribution in [1.82, 2.24) is 24.8 Å². The fourth-order valence-corrected chi connectivity index (χ4v) is 3.70. The molecule has 0 spiro atoms. The Bertz CT molecular complexity index is 906. The van der Waals surface area contributed by atoms with E-state index in [1.54, 1.807) is 40.9 Å². The van der Waals surface area contributed by atoms with Gasteiger partial charge < -0.3 is 24.4 Å². The normalized spacial score (nSPS) is 20.8. The predicted molar refractivity (Wildman–Crippen MR) is 120 cm³/mol. The second-order valence-electron chi connectivity index (χ2n) is 8.54. The lowest BCUT2D eigenvalue weighted by molar-refractivity contribution is -0.136. The molecule has 3 rings (SSSR count). The van der Waals surface area contributed by atoms with E-state index in [4.69, 9.17) is 9.47 Å². The molecule has 0 saturated carbocycles. The molecule has 1 aliphatic rings. The highest BCUT2D eigenvalue weighted by Gasteiger charge is 2.29. The number of nitrogens with zero attached hydrogens (tertiary/aromatic N) is 5. The molecule has 2 heterocycles. The number of aliphatic hydroxyl groups is 1. The van der Waals surface area contributed by atoms with E-state index in [1.807, 2.05) is 26.1 Å². The highest BCUT2D eigenvalue weighted by Crippen LogP contribution is 2.18. The van der Waals surface area contributed by atoms with Crippen LogP contribution in [0.2, 0.25) is 0 Å². The standard InChI is InChI=1S/C23H33N5O5/c1-17-12-28(18(2)15-29)22(30)10-7-11-27-13-19(24-25-27)16-32-21(17)14-26(3)23(31)33-20-8-5-4-6-9-20/h4-6,8-9,13,17-18,21,29H,7,10-12,14-16H2,1-3H3/t17-,18+,21+/m0/s1. The number of benzene rings is 1. The van der Waals surface area contributed by atoms with E-state index in [-0.39, 0.29) is 37.6 Å². The van der Waals surface area contributed by atoms with Gasteiger partial charge in [-0.15, -0.1) is 5.10 Å². The molecule has 2 bridgehead atoms. The molecule has 0 saturated heterocycles. The summed E-state index contributed by atoms with van der Waals surface area (Å²) in [5.74, 6) is 0.313. The van der Waals surface area contributed by atoms with Crippen LogP contribution in [-0.2, 0) is 22.7 Å². The number of fused-ring (bicyclic) bond motifs is 2. The van der Waals surface area contributed by atoms with Crippen LogP contribution in [0.3, 0.4) is 0 Å². The highest BCUT2D eigenvalue weighted by atomic mass is 16.6. The van der Waals surface area contributed by atoms with Crippen LogP contribution >= 0.6 is 0 Å². The first-order valence-electron chi connectivity index (χ1n) is 11.3. The summed E-state index contributed by atoms with van der Waals surface area (Å²) < 4.78 is 13.3. The van der Waals surface area contributed by atoms with Gasteiger partial charge in [0.25, 0.3) is 0 Å². The van der Waals surface area contributed by atoms with Crippen LogP contribution in [0.15, 0.2) is 36.5 Å². The van der Waals surface area contributed by atoms with Crippen molar-refractivity contribution in [3.8, 4) is 5.75 Å². The molecule has 0 radical (unpaired) electrons. The zero-order chi connectivity index (χ0) is 23.8. The van der Waals surface area contributed by atoms with Gasteiger partial charge in [0.05, 0.1) is 38.1 Å². The number of likely N-dealkylation sites (N-methyl/N-ethyl adjacent to an activating group) is 1. The van der Waals surface area contributed by atoms with Gasteiger partial charge in [-0.2, -0.15) is 0 Å². The van der Waals surface area contributed by atoms with Crippen molar-refractivity contribution in [3.63, 3.8) is 0 Å². The Hall–Kier alpha value is -2.98. The summed E-state index contributed by atoms with van der Waals surface area (Å²) in [6.07, 6.45) is 1.89. The average Bonchev–Trinajstić information content (AvgIpc) is 3.27. The molecular weight excluding hydrogens is 426 g/mol. The molecular formula is C23H33N5O5. The van der Waals surface area contributed by atoms with Crippen molar-refractivity contribution in [3.05, 3.63) is 42.2 Å². The zero-order valence-corrected chi connectivity index (χ0v) is 19.5. The number of para-hydroxylation sites is 1. The van der Waals surface area contributed by atoms with E-state index in [0.29, 0.717) is 37.4 Å². The van der Waals surface area contributed by atoms with Gasteiger partial charge in [-0.25, -0.2) is 4.79 Å². The van der Waals surface area contributed by atoms with E-state index >= 15 is 0 Å². The SMILES string of the molecule is C[C@H](CO)N1C[C@H](C)[C@@H](CN(C)C(=O)Oc2ccccc2)OCc2cn(nn2)CCCC1=O. The van der Waals surface area contributed by atoms with E-state index in [2.05, 4.69) is 10.3 Å². The van der Waals surface area contributed by atoms with Crippen molar-refractivity contribution < 1.29 is 24.2 Å². The van der Waals surface area contributed by atoms with Crippen LogP contribution in [-0.4, -0.2) is 80.8 Å². The first kappa shape index (κ1) is 24.7. The molecule has 1 aromatic heterocycles. The molecule has 0 aliphatic carbocycles. The topological polar surface area (TPSA) is 110 Å². The van der Waals surface area contributed by atoms with E-state index in [9.17, 15) is 14.7 Å². The number of carbonyl (C=O) groups is 2. The van der Waals surface area contributed by atoms with Gasteiger partial charge >= 0.3 is 6.09 Å². The van der Waals surface area contributed by atoms with Gasteiger partial charge in [0.2, 0.25) is 5.91 Å². The van der Waals surface area contributed by atoms with Crippen LogP contribution in [0.25, 0.3) is 0 Å². The molecule has 1 aromatic carbocycles. The largest absolute Gasteiger partial charge is 0.415 e. The Morgan fingerprint density at radius 1 is 1.36 bits per heavy atom. The first-order valence-corrected chi connectivity index (χ1v) is 11.3. The van der Waals surface area contributed by atoms with Gasteiger partial charge in [-0.1, -0.05) is 30.3 Å². The first-order chi connectivity index (χ1) is 15.9. The smallest absolute Gasteiger partial charge is 0.410 e. The Balaban J connectivity index is 1.75. The third-order valence-corrected chi connectivity index (χ3v) is 5.76. The number of aromatic nitrogens is 3. The van der Waals surface area contributed by atoms with Gasteiger partial charge in [0.15, 0.2) is 0 Å². The minimum absolute atomic E-state index is 0.0291. The number of amides is 2. The van der Waals surface area contributed by atoms with Crippen LogP contribution in [0.5, 0.6) is 5.75 Å². The summed E-state index contributed by atoms with van der Waals surface area (Å²) in [7, 11) is 1.65. The second-order valence-corrected chi connectivity index (χ2v) is 8.54. The highest BCUT2D eigenvalue weighted by molar-refractivity contribution is 5.76. The van der Waals surface area contributed by atoms with Gasteiger partial charge in [0.1, 0.15) is 11.4 Å². The minimum atomic E-state index is -0.498. The van der Waals surface area contributed by atoms with Crippen LogP contribution in [0, 0.1) is 5.92 Å².